The van der Waals surface area contributed by atoms with E-state index in [1.807, 2.05) is 32.9 Å². The smallest absolute Gasteiger partial charge is 0.237 e. The molecule has 1 amide bonds. The molecule has 0 saturated carbocycles. The van der Waals surface area contributed by atoms with Crippen LogP contribution in [0.3, 0.4) is 0 Å². The van der Waals surface area contributed by atoms with Crippen LogP contribution in [0, 0.1) is 0 Å². The molecule has 1 unspecified atom stereocenters. The molecule has 0 aliphatic rings. The first kappa shape index (κ1) is 17.5. The molecule has 118 valence electrons. The topological polar surface area (TPSA) is 64.3 Å². The average molecular weight is 292 g/mol. The molecule has 1 rings (SSSR count). The van der Waals surface area contributed by atoms with Crippen molar-refractivity contribution >= 4 is 5.91 Å². The summed E-state index contributed by atoms with van der Waals surface area (Å²) in [5, 5.41) is 3.21. The lowest BCUT2D eigenvalue weighted by Gasteiger charge is -2.29. The Morgan fingerprint density at radius 1 is 1.24 bits per heavy atom. The van der Waals surface area contributed by atoms with Crippen LogP contribution in [0.4, 0.5) is 0 Å². The molecular formula is C17H28N2O2. The Kier molecular flexibility index (Phi) is 6.21. The first-order valence-corrected chi connectivity index (χ1v) is 7.55. The van der Waals surface area contributed by atoms with Crippen molar-refractivity contribution in [1.82, 2.24) is 5.32 Å². The summed E-state index contributed by atoms with van der Waals surface area (Å²) < 4.78 is 5.72. The highest BCUT2D eigenvalue weighted by molar-refractivity contribution is 5.84. The number of benzene rings is 1. The summed E-state index contributed by atoms with van der Waals surface area (Å²) >= 11 is 0. The maximum Gasteiger partial charge on any atom is 0.237 e. The number of ether oxygens (including phenoxy) is 1. The molecule has 0 fully saturated rings. The Balaban J connectivity index is 2.56. The van der Waals surface area contributed by atoms with Gasteiger partial charge in [-0.3, -0.25) is 4.79 Å². The van der Waals surface area contributed by atoms with E-state index < -0.39 is 5.54 Å². The zero-order valence-corrected chi connectivity index (χ0v) is 13.8. The van der Waals surface area contributed by atoms with Crippen molar-refractivity contribution in [3.8, 4) is 5.75 Å². The summed E-state index contributed by atoms with van der Waals surface area (Å²) in [5.74, 6) is 0.971. The van der Waals surface area contributed by atoms with Gasteiger partial charge < -0.3 is 15.8 Å². The van der Waals surface area contributed by atoms with Gasteiger partial charge in [-0.1, -0.05) is 26.0 Å². The van der Waals surface area contributed by atoms with Crippen molar-refractivity contribution in [2.45, 2.75) is 58.5 Å². The molecule has 1 aromatic rings. The third kappa shape index (κ3) is 5.38. The van der Waals surface area contributed by atoms with Crippen molar-refractivity contribution in [2.75, 3.05) is 6.61 Å². The Labute approximate surface area is 128 Å². The minimum Gasteiger partial charge on any atom is -0.494 e. The van der Waals surface area contributed by atoms with Gasteiger partial charge in [-0.05, 0) is 44.4 Å². The largest absolute Gasteiger partial charge is 0.494 e. The lowest BCUT2D eigenvalue weighted by molar-refractivity contribution is -0.124. The van der Waals surface area contributed by atoms with Crippen LogP contribution in [0.1, 0.15) is 52.5 Å². The molecule has 1 aromatic carbocycles. The number of rotatable bonds is 8. The van der Waals surface area contributed by atoms with E-state index in [1.165, 1.54) is 5.56 Å². The number of nitrogens with one attached hydrogen (secondary N) is 1. The Morgan fingerprint density at radius 2 is 1.81 bits per heavy atom. The van der Waals surface area contributed by atoms with Crippen molar-refractivity contribution in [3.05, 3.63) is 29.8 Å². The average Bonchev–Trinajstić information content (AvgIpc) is 2.38. The number of hydrogen-bond donors (Lipinski definition) is 2. The van der Waals surface area contributed by atoms with E-state index in [9.17, 15) is 4.79 Å². The summed E-state index contributed by atoms with van der Waals surface area (Å²) in [6.07, 6.45) is 0.534. The normalized spacial score (nSPS) is 14.2. The summed E-state index contributed by atoms with van der Waals surface area (Å²) in [6, 6.07) is 8.26. The number of amides is 1. The van der Waals surface area contributed by atoms with E-state index in [2.05, 4.69) is 31.3 Å². The van der Waals surface area contributed by atoms with Crippen molar-refractivity contribution in [1.29, 1.82) is 0 Å². The van der Waals surface area contributed by atoms with Gasteiger partial charge in [0.2, 0.25) is 5.91 Å². The molecule has 3 N–H and O–H groups in total. The first-order chi connectivity index (χ1) is 9.74. The second kappa shape index (κ2) is 7.46. The first-order valence-electron chi connectivity index (χ1n) is 7.55. The number of nitrogens with two attached hydrogens (primary N) is 1. The Hall–Kier alpha value is -1.55. The zero-order chi connectivity index (χ0) is 16.0. The van der Waals surface area contributed by atoms with Crippen LogP contribution in [0.15, 0.2) is 24.3 Å². The fraction of sp³-hybridized carbons (Fsp3) is 0.588. The second-order valence-corrected chi connectivity index (χ2v) is 6.32. The molecule has 0 bridgehead atoms. The molecule has 0 aromatic heterocycles. The quantitative estimate of drug-likeness (QED) is 0.774. The van der Waals surface area contributed by atoms with Crippen LogP contribution in [-0.4, -0.2) is 24.1 Å². The number of hydrogen-bond acceptors (Lipinski definition) is 3. The number of primary amides is 1. The molecule has 0 spiro atoms. The van der Waals surface area contributed by atoms with E-state index in [1.54, 1.807) is 0 Å². The van der Waals surface area contributed by atoms with Gasteiger partial charge in [0.05, 0.1) is 12.1 Å². The van der Waals surface area contributed by atoms with Gasteiger partial charge >= 0.3 is 0 Å². The van der Waals surface area contributed by atoms with Gasteiger partial charge in [0.1, 0.15) is 5.75 Å². The fourth-order valence-electron chi connectivity index (χ4n) is 2.23. The predicted molar refractivity (Wildman–Crippen MR) is 86.5 cm³/mol. The van der Waals surface area contributed by atoms with Crippen LogP contribution in [0.25, 0.3) is 0 Å². The van der Waals surface area contributed by atoms with E-state index >= 15 is 0 Å². The summed E-state index contributed by atoms with van der Waals surface area (Å²) in [4.78, 5) is 11.6. The fourth-order valence-corrected chi connectivity index (χ4v) is 2.23. The van der Waals surface area contributed by atoms with Crippen molar-refractivity contribution < 1.29 is 9.53 Å². The van der Waals surface area contributed by atoms with Gasteiger partial charge in [-0.2, -0.15) is 0 Å². The van der Waals surface area contributed by atoms with Gasteiger partial charge in [0.15, 0.2) is 0 Å². The standard InChI is InChI=1S/C17H28N2O2/c1-12(2)14-6-8-15(9-7-14)21-11-10-17(5,16(18)20)19-13(3)4/h6-9,12-13,19H,10-11H2,1-5H3,(H2,18,20). The Bertz CT molecular complexity index is 454. The summed E-state index contributed by atoms with van der Waals surface area (Å²) in [5.41, 5.74) is 6.03. The molecule has 21 heavy (non-hydrogen) atoms. The van der Waals surface area contributed by atoms with Crippen molar-refractivity contribution in [2.24, 2.45) is 5.73 Å². The maximum absolute atomic E-state index is 11.6. The minimum absolute atomic E-state index is 0.188. The lowest BCUT2D eigenvalue weighted by Crippen LogP contribution is -2.56. The van der Waals surface area contributed by atoms with Crippen LogP contribution >= 0.6 is 0 Å². The monoisotopic (exact) mass is 292 g/mol. The predicted octanol–water partition coefficient (Wildman–Crippen LogP) is 2.82. The van der Waals surface area contributed by atoms with Crippen LogP contribution in [0.5, 0.6) is 5.75 Å². The van der Waals surface area contributed by atoms with Gasteiger partial charge in [-0.15, -0.1) is 0 Å². The molecule has 4 nitrogen and oxygen atoms in total. The molecule has 0 aliphatic heterocycles. The number of carbonyl (C=O) groups is 1. The van der Waals surface area contributed by atoms with Gasteiger partial charge in [-0.25, -0.2) is 0 Å². The van der Waals surface area contributed by atoms with E-state index in [0.29, 0.717) is 18.9 Å². The van der Waals surface area contributed by atoms with E-state index in [4.69, 9.17) is 10.5 Å². The van der Waals surface area contributed by atoms with E-state index in [0.717, 1.165) is 5.75 Å². The molecule has 1 atom stereocenters. The van der Waals surface area contributed by atoms with Crippen molar-refractivity contribution in [3.63, 3.8) is 0 Å². The molecule has 0 radical (unpaired) electrons. The van der Waals surface area contributed by atoms with Crippen LogP contribution in [-0.2, 0) is 4.79 Å². The lowest BCUT2D eigenvalue weighted by atomic mass is 9.96. The zero-order valence-electron chi connectivity index (χ0n) is 13.8. The second-order valence-electron chi connectivity index (χ2n) is 6.32. The van der Waals surface area contributed by atoms with E-state index in [-0.39, 0.29) is 11.9 Å². The highest BCUT2D eigenvalue weighted by Crippen LogP contribution is 2.19. The van der Waals surface area contributed by atoms with Crippen LogP contribution < -0.4 is 15.8 Å². The molecule has 0 heterocycles. The minimum atomic E-state index is -0.744. The molecule has 4 heteroatoms. The SMILES string of the molecule is CC(C)NC(C)(CCOc1ccc(C(C)C)cc1)C(N)=O. The Morgan fingerprint density at radius 3 is 2.24 bits per heavy atom. The molecule has 0 aliphatic carbocycles. The van der Waals surface area contributed by atoms with Gasteiger partial charge in [0.25, 0.3) is 0 Å². The molecular weight excluding hydrogens is 264 g/mol. The maximum atomic E-state index is 11.6. The highest BCUT2D eigenvalue weighted by atomic mass is 16.5. The summed E-state index contributed by atoms with van der Waals surface area (Å²) in [6.45, 7) is 10.6. The third-order valence-electron chi connectivity index (χ3n) is 3.57. The van der Waals surface area contributed by atoms with Gasteiger partial charge in [0, 0.05) is 12.5 Å². The third-order valence-corrected chi connectivity index (χ3v) is 3.57. The highest BCUT2D eigenvalue weighted by Gasteiger charge is 2.31. The summed E-state index contributed by atoms with van der Waals surface area (Å²) in [7, 11) is 0. The molecule has 0 saturated heterocycles. The van der Waals surface area contributed by atoms with Crippen LogP contribution in [0.2, 0.25) is 0 Å². The number of carbonyl (C=O) groups excluding carboxylic acids is 1.